The molecule has 0 heterocycles. The second-order valence-corrected chi connectivity index (χ2v) is 3.42. The fourth-order valence-electron chi connectivity index (χ4n) is 1.17. The van der Waals surface area contributed by atoms with Crippen LogP contribution in [0, 0.1) is 0 Å². The normalized spacial score (nSPS) is 10.1. The van der Waals surface area contributed by atoms with Crippen molar-refractivity contribution in [3.05, 3.63) is 36.4 Å². The molecule has 6 heteroatoms. The van der Waals surface area contributed by atoms with Crippen molar-refractivity contribution in [3.8, 4) is 0 Å². The summed E-state index contributed by atoms with van der Waals surface area (Å²) in [5.74, 6) is -1.91. The maximum atomic E-state index is 11.2. The van der Waals surface area contributed by atoms with Crippen LogP contribution in [0.15, 0.2) is 36.4 Å². The van der Waals surface area contributed by atoms with E-state index in [0.29, 0.717) is 11.4 Å². The van der Waals surface area contributed by atoms with Gasteiger partial charge in [0.2, 0.25) is 11.8 Å². The molecule has 0 aliphatic carbocycles. The molecule has 0 unspecified atom stereocenters. The molecule has 0 radical (unpaired) electrons. The summed E-state index contributed by atoms with van der Waals surface area (Å²) in [5.41, 5.74) is 1.12. The number of carboxylic acids is 1. The van der Waals surface area contributed by atoms with Crippen LogP contribution < -0.4 is 10.6 Å². The van der Waals surface area contributed by atoms with Gasteiger partial charge in [0.05, 0.1) is 0 Å². The average molecular weight is 248 g/mol. The lowest BCUT2D eigenvalue weighted by Gasteiger charge is -2.04. The van der Waals surface area contributed by atoms with Crippen LogP contribution >= 0.6 is 0 Å². The number of aliphatic carboxylic acids is 1. The van der Waals surface area contributed by atoms with E-state index in [0.717, 1.165) is 12.2 Å². The van der Waals surface area contributed by atoms with Gasteiger partial charge in [-0.2, -0.15) is 0 Å². The zero-order valence-electron chi connectivity index (χ0n) is 9.64. The fourth-order valence-corrected chi connectivity index (χ4v) is 1.17. The van der Waals surface area contributed by atoms with E-state index < -0.39 is 11.9 Å². The zero-order chi connectivity index (χ0) is 13.5. The minimum Gasteiger partial charge on any atom is -0.478 e. The molecule has 1 rings (SSSR count). The van der Waals surface area contributed by atoms with E-state index in [-0.39, 0.29) is 5.91 Å². The first kappa shape index (κ1) is 13.4. The summed E-state index contributed by atoms with van der Waals surface area (Å²) in [6.07, 6.45) is 1.67. The van der Waals surface area contributed by atoms with Crippen molar-refractivity contribution in [3.63, 3.8) is 0 Å². The highest BCUT2D eigenvalue weighted by molar-refractivity contribution is 6.02. The van der Waals surface area contributed by atoms with Crippen molar-refractivity contribution in [1.82, 2.24) is 0 Å². The molecule has 0 aliphatic rings. The maximum Gasteiger partial charge on any atom is 0.328 e. The van der Waals surface area contributed by atoms with Gasteiger partial charge in [-0.1, -0.05) is 0 Å². The molecule has 1 aromatic carbocycles. The number of nitrogens with one attached hydrogen (secondary N) is 2. The molecule has 0 atom stereocenters. The van der Waals surface area contributed by atoms with E-state index >= 15 is 0 Å². The first-order valence-electron chi connectivity index (χ1n) is 5.07. The molecule has 18 heavy (non-hydrogen) atoms. The fraction of sp³-hybridized carbons (Fsp3) is 0.0833. The third kappa shape index (κ3) is 4.93. The maximum absolute atomic E-state index is 11.2. The first-order chi connectivity index (χ1) is 8.47. The van der Waals surface area contributed by atoms with Gasteiger partial charge < -0.3 is 15.7 Å². The van der Waals surface area contributed by atoms with E-state index in [1.807, 2.05) is 0 Å². The Morgan fingerprint density at radius 3 is 1.94 bits per heavy atom. The lowest BCUT2D eigenvalue weighted by molar-refractivity contribution is -0.131. The van der Waals surface area contributed by atoms with Crippen LogP contribution in [0.25, 0.3) is 0 Å². The topological polar surface area (TPSA) is 95.5 Å². The molecule has 3 N–H and O–H groups in total. The van der Waals surface area contributed by atoms with Crippen LogP contribution in [0.4, 0.5) is 11.4 Å². The van der Waals surface area contributed by atoms with Crippen molar-refractivity contribution in [2.24, 2.45) is 0 Å². The van der Waals surface area contributed by atoms with Gasteiger partial charge in [0.25, 0.3) is 0 Å². The third-order valence-electron chi connectivity index (χ3n) is 1.85. The number of benzene rings is 1. The van der Waals surface area contributed by atoms with Crippen molar-refractivity contribution >= 4 is 29.2 Å². The number of amides is 2. The highest BCUT2D eigenvalue weighted by atomic mass is 16.4. The Morgan fingerprint density at radius 1 is 1.00 bits per heavy atom. The Bertz CT molecular complexity index is 491. The lowest BCUT2D eigenvalue weighted by atomic mass is 10.2. The van der Waals surface area contributed by atoms with Gasteiger partial charge in [-0.15, -0.1) is 0 Å². The molecule has 1 aromatic rings. The molecule has 0 bridgehead atoms. The van der Waals surface area contributed by atoms with E-state index in [4.69, 9.17) is 5.11 Å². The highest BCUT2D eigenvalue weighted by Crippen LogP contribution is 2.13. The van der Waals surface area contributed by atoms with Gasteiger partial charge in [-0.3, -0.25) is 9.59 Å². The first-order valence-corrected chi connectivity index (χ1v) is 5.07. The molecule has 0 saturated carbocycles. The van der Waals surface area contributed by atoms with Crippen LogP contribution in [-0.4, -0.2) is 22.9 Å². The summed E-state index contributed by atoms with van der Waals surface area (Å²) in [6.45, 7) is 1.40. The number of carbonyl (C=O) groups excluding carboxylic acids is 2. The Kier molecular flexibility index (Phi) is 4.62. The predicted molar refractivity (Wildman–Crippen MR) is 66.2 cm³/mol. The summed E-state index contributed by atoms with van der Waals surface area (Å²) < 4.78 is 0. The largest absolute Gasteiger partial charge is 0.478 e. The Balaban J connectivity index is 2.61. The summed E-state index contributed by atoms with van der Waals surface area (Å²) in [5, 5.41) is 13.4. The molecular formula is C12H12N2O4. The summed E-state index contributed by atoms with van der Waals surface area (Å²) in [7, 11) is 0. The van der Waals surface area contributed by atoms with Crippen molar-refractivity contribution < 1.29 is 19.5 Å². The van der Waals surface area contributed by atoms with Crippen molar-refractivity contribution in [2.45, 2.75) is 6.92 Å². The monoisotopic (exact) mass is 248 g/mol. The number of anilines is 2. The van der Waals surface area contributed by atoms with E-state index in [9.17, 15) is 14.4 Å². The summed E-state index contributed by atoms with van der Waals surface area (Å²) >= 11 is 0. The van der Waals surface area contributed by atoms with Gasteiger partial charge in [-0.05, 0) is 24.3 Å². The molecule has 0 spiro atoms. The Labute approximate surface area is 103 Å². The van der Waals surface area contributed by atoms with Crippen molar-refractivity contribution in [2.75, 3.05) is 10.6 Å². The number of carbonyl (C=O) groups is 3. The summed E-state index contributed by atoms with van der Waals surface area (Å²) in [6, 6.07) is 6.44. The average Bonchev–Trinajstić information content (AvgIpc) is 2.28. The van der Waals surface area contributed by atoms with Gasteiger partial charge >= 0.3 is 5.97 Å². The molecule has 2 amide bonds. The van der Waals surface area contributed by atoms with E-state index in [1.54, 1.807) is 24.3 Å². The van der Waals surface area contributed by atoms with Gasteiger partial charge in [0.15, 0.2) is 0 Å². The lowest BCUT2D eigenvalue weighted by Crippen LogP contribution is -2.09. The predicted octanol–water partition coefficient (Wildman–Crippen LogP) is 1.22. The zero-order valence-corrected chi connectivity index (χ0v) is 9.64. The molecular weight excluding hydrogens is 236 g/mol. The highest BCUT2D eigenvalue weighted by Gasteiger charge is 2.00. The number of rotatable bonds is 4. The van der Waals surface area contributed by atoms with Crippen LogP contribution in [0.1, 0.15) is 6.92 Å². The number of hydrogen-bond donors (Lipinski definition) is 3. The quantitative estimate of drug-likeness (QED) is 0.698. The Hall–Kier alpha value is -2.63. The smallest absolute Gasteiger partial charge is 0.328 e. The molecule has 6 nitrogen and oxygen atoms in total. The summed E-state index contributed by atoms with van der Waals surface area (Å²) in [4.78, 5) is 32.2. The van der Waals surface area contributed by atoms with Gasteiger partial charge in [0.1, 0.15) is 0 Å². The van der Waals surface area contributed by atoms with Crippen LogP contribution in [-0.2, 0) is 14.4 Å². The number of carboxylic acid groups (broad SMARTS) is 1. The molecule has 0 saturated heterocycles. The third-order valence-corrected chi connectivity index (χ3v) is 1.85. The minimum atomic E-state index is -1.19. The van der Waals surface area contributed by atoms with E-state index in [1.165, 1.54) is 6.92 Å². The molecule has 0 aromatic heterocycles. The van der Waals surface area contributed by atoms with Crippen LogP contribution in [0.2, 0.25) is 0 Å². The minimum absolute atomic E-state index is 0.184. The second kappa shape index (κ2) is 6.19. The molecule has 94 valence electrons. The van der Waals surface area contributed by atoms with E-state index in [2.05, 4.69) is 10.6 Å². The van der Waals surface area contributed by atoms with Crippen molar-refractivity contribution in [1.29, 1.82) is 0 Å². The van der Waals surface area contributed by atoms with Gasteiger partial charge in [0, 0.05) is 30.5 Å². The molecule has 0 fully saturated rings. The standard InChI is InChI=1S/C12H12N2O4/c1-8(15)13-9-2-4-10(5-3-9)14-11(16)6-7-12(17)18/h2-7H,1H3,(H,13,15)(H,14,16)(H,17,18). The van der Waals surface area contributed by atoms with Gasteiger partial charge in [-0.25, -0.2) is 4.79 Å². The second-order valence-electron chi connectivity index (χ2n) is 3.42. The van der Waals surface area contributed by atoms with Crippen LogP contribution in [0.3, 0.4) is 0 Å². The SMILES string of the molecule is CC(=O)Nc1ccc(NC(=O)C=CC(=O)O)cc1. The number of hydrogen-bond acceptors (Lipinski definition) is 3. The van der Waals surface area contributed by atoms with Crippen LogP contribution in [0.5, 0.6) is 0 Å². The Morgan fingerprint density at radius 2 is 1.50 bits per heavy atom. The molecule has 0 aliphatic heterocycles.